The summed E-state index contributed by atoms with van der Waals surface area (Å²) < 4.78 is 16.0. The van der Waals surface area contributed by atoms with Crippen molar-refractivity contribution >= 4 is 34.7 Å². The van der Waals surface area contributed by atoms with E-state index in [2.05, 4.69) is 21.5 Å². The van der Waals surface area contributed by atoms with Crippen molar-refractivity contribution in [2.75, 3.05) is 5.32 Å². The van der Waals surface area contributed by atoms with Gasteiger partial charge in [-0.3, -0.25) is 4.79 Å². The number of aryl methyl sites for hydroxylation is 1. The highest BCUT2D eigenvalue weighted by Gasteiger charge is 2.21. The average Bonchev–Trinajstić information content (AvgIpc) is 3.69. The van der Waals surface area contributed by atoms with Gasteiger partial charge >= 0.3 is 0 Å². The van der Waals surface area contributed by atoms with E-state index in [-0.39, 0.29) is 11.7 Å². The lowest BCUT2D eigenvalue weighted by Crippen LogP contribution is -2.11. The molecular formula is C29H21ClN4O4. The van der Waals surface area contributed by atoms with Gasteiger partial charge in [-0.05, 0) is 61.0 Å². The molecule has 0 fully saturated rings. The maximum atomic E-state index is 12.4. The van der Waals surface area contributed by atoms with Crippen molar-refractivity contribution in [2.24, 2.45) is 4.99 Å². The number of aromatic nitrogens is 2. The number of anilines is 1. The molecule has 0 spiro atoms. The van der Waals surface area contributed by atoms with Crippen molar-refractivity contribution < 1.29 is 18.5 Å². The molecule has 2 aromatic carbocycles. The standard InChI is InChI=1S/C29H21ClN4O4/c1-17-11-22(34-38-17)16-37-23-7-4-18(5-8-23)20-12-19-13-26(33-28(19)31-15-20)24-14-21(6-9-25(24)30)32-29(35)27-3-2-10-36-27/h2-12,14-15H,13,16H2,1H3,(H,32,35). The Morgan fingerprint density at radius 1 is 1.08 bits per heavy atom. The maximum Gasteiger partial charge on any atom is 0.291 e. The van der Waals surface area contributed by atoms with Crippen molar-refractivity contribution in [1.82, 2.24) is 10.1 Å². The summed E-state index contributed by atoms with van der Waals surface area (Å²) >= 11 is 6.51. The first-order valence-corrected chi connectivity index (χ1v) is 12.3. The van der Waals surface area contributed by atoms with E-state index < -0.39 is 0 Å². The van der Waals surface area contributed by atoms with Crippen LogP contribution in [0.2, 0.25) is 5.02 Å². The number of benzene rings is 2. The second kappa shape index (κ2) is 9.99. The molecular weight excluding hydrogens is 504 g/mol. The first kappa shape index (κ1) is 23.7. The minimum Gasteiger partial charge on any atom is -0.487 e. The van der Waals surface area contributed by atoms with Gasteiger partial charge in [0, 0.05) is 46.1 Å². The molecule has 1 aliphatic rings. The Balaban J connectivity index is 1.15. The summed E-state index contributed by atoms with van der Waals surface area (Å²) in [7, 11) is 0. The average molecular weight is 525 g/mol. The van der Waals surface area contributed by atoms with Gasteiger partial charge in [0.2, 0.25) is 0 Å². The number of amides is 1. The molecule has 8 nitrogen and oxygen atoms in total. The summed E-state index contributed by atoms with van der Waals surface area (Å²) in [6, 6.07) is 20.3. The first-order chi connectivity index (χ1) is 18.5. The van der Waals surface area contributed by atoms with Crippen LogP contribution in [0.5, 0.6) is 5.75 Å². The molecule has 0 aliphatic carbocycles. The fourth-order valence-electron chi connectivity index (χ4n) is 4.21. The molecule has 0 saturated heterocycles. The molecule has 5 aromatic rings. The van der Waals surface area contributed by atoms with Gasteiger partial charge in [-0.15, -0.1) is 0 Å². The van der Waals surface area contributed by atoms with Gasteiger partial charge in [-0.2, -0.15) is 0 Å². The van der Waals surface area contributed by atoms with Gasteiger partial charge in [-0.1, -0.05) is 28.9 Å². The van der Waals surface area contributed by atoms with Crippen LogP contribution in [0.4, 0.5) is 11.5 Å². The molecule has 0 saturated carbocycles. The molecule has 1 N–H and O–H groups in total. The van der Waals surface area contributed by atoms with Gasteiger partial charge < -0.3 is 19.0 Å². The van der Waals surface area contributed by atoms with E-state index in [1.54, 1.807) is 30.5 Å². The summed E-state index contributed by atoms with van der Waals surface area (Å²) in [5, 5.41) is 7.32. The number of nitrogens with zero attached hydrogens (tertiary/aromatic N) is 3. The lowest BCUT2D eigenvalue weighted by atomic mass is 10.0. The smallest absolute Gasteiger partial charge is 0.291 e. The number of rotatable bonds is 7. The van der Waals surface area contributed by atoms with Gasteiger partial charge in [-0.25, -0.2) is 9.98 Å². The zero-order valence-corrected chi connectivity index (χ0v) is 21.0. The van der Waals surface area contributed by atoms with Crippen molar-refractivity contribution in [3.63, 3.8) is 0 Å². The van der Waals surface area contributed by atoms with Gasteiger partial charge in [0.05, 0.1) is 12.0 Å². The largest absolute Gasteiger partial charge is 0.487 e. The lowest BCUT2D eigenvalue weighted by molar-refractivity contribution is 0.0996. The fraction of sp³-hybridized carbons (Fsp3) is 0.103. The first-order valence-electron chi connectivity index (χ1n) is 11.9. The zero-order valence-electron chi connectivity index (χ0n) is 20.3. The fourth-order valence-corrected chi connectivity index (χ4v) is 4.43. The Morgan fingerprint density at radius 2 is 1.95 bits per heavy atom. The molecule has 6 rings (SSSR count). The minimum atomic E-state index is -0.337. The number of halogens is 1. The van der Waals surface area contributed by atoms with Crippen LogP contribution in [0.3, 0.4) is 0 Å². The number of hydrogen-bond donors (Lipinski definition) is 1. The van der Waals surface area contributed by atoms with Crippen molar-refractivity contribution in [3.8, 4) is 16.9 Å². The topological polar surface area (TPSA) is 103 Å². The molecule has 38 heavy (non-hydrogen) atoms. The number of pyridine rings is 1. The Morgan fingerprint density at radius 3 is 2.71 bits per heavy atom. The zero-order chi connectivity index (χ0) is 26.1. The van der Waals surface area contributed by atoms with E-state index in [4.69, 9.17) is 30.3 Å². The van der Waals surface area contributed by atoms with E-state index in [9.17, 15) is 4.79 Å². The Kier molecular flexibility index (Phi) is 6.23. The molecule has 0 unspecified atom stereocenters. The van der Waals surface area contributed by atoms with Gasteiger partial charge in [0.25, 0.3) is 5.91 Å². The van der Waals surface area contributed by atoms with Crippen molar-refractivity contribution in [3.05, 3.63) is 113 Å². The third kappa shape index (κ3) is 4.94. The predicted molar refractivity (Wildman–Crippen MR) is 143 cm³/mol. The number of carbonyl (C=O) groups excluding carboxylic acids is 1. The molecule has 0 radical (unpaired) electrons. The lowest BCUT2D eigenvalue weighted by Gasteiger charge is -2.09. The number of hydrogen-bond acceptors (Lipinski definition) is 7. The van der Waals surface area contributed by atoms with Crippen LogP contribution in [-0.4, -0.2) is 21.8 Å². The highest BCUT2D eigenvalue weighted by Crippen LogP contribution is 2.33. The van der Waals surface area contributed by atoms with Crippen LogP contribution >= 0.6 is 11.6 Å². The summed E-state index contributed by atoms with van der Waals surface area (Å²) in [5.74, 6) is 2.04. The van der Waals surface area contributed by atoms with Crippen LogP contribution in [-0.2, 0) is 13.0 Å². The Labute approximate surface area is 222 Å². The van der Waals surface area contributed by atoms with E-state index in [1.165, 1.54) is 6.26 Å². The maximum absolute atomic E-state index is 12.4. The van der Waals surface area contributed by atoms with Gasteiger partial charge in [0.15, 0.2) is 11.6 Å². The second-order valence-corrected chi connectivity index (χ2v) is 9.22. The predicted octanol–water partition coefficient (Wildman–Crippen LogP) is 6.80. The van der Waals surface area contributed by atoms with E-state index in [0.717, 1.165) is 45.2 Å². The molecule has 0 bridgehead atoms. The van der Waals surface area contributed by atoms with Crippen LogP contribution in [0, 0.1) is 6.92 Å². The molecule has 4 heterocycles. The van der Waals surface area contributed by atoms with Gasteiger partial charge in [0.1, 0.15) is 23.8 Å². The van der Waals surface area contributed by atoms with E-state index in [1.807, 2.05) is 43.3 Å². The van der Waals surface area contributed by atoms with Crippen LogP contribution in [0.25, 0.3) is 11.1 Å². The van der Waals surface area contributed by atoms with Crippen LogP contribution in [0.15, 0.2) is 93.1 Å². The minimum absolute atomic E-state index is 0.230. The Bertz CT molecular complexity index is 1660. The van der Waals surface area contributed by atoms with E-state index in [0.29, 0.717) is 29.6 Å². The number of nitrogens with one attached hydrogen (secondary N) is 1. The number of ether oxygens (including phenoxy) is 1. The number of fused-ring (bicyclic) bond motifs is 1. The molecule has 188 valence electrons. The van der Waals surface area contributed by atoms with Crippen LogP contribution < -0.4 is 10.1 Å². The Hall–Kier alpha value is -4.69. The monoisotopic (exact) mass is 524 g/mol. The third-order valence-electron chi connectivity index (χ3n) is 6.07. The van der Waals surface area contributed by atoms with E-state index >= 15 is 0 Å². The SMILES string of the molecule is Cc1cc(COc2ccc(-c3cnc4c(c3)CC(c3cc(NC(=O)c5ccco5)ccc3Cl)=N4)cc2)no1. The summed E-state index contributed by atoms with van der Waals surface area (Å²) in [5.41, 5.74) is 5.86. The molecule has 0 atom stereocenters. The number of carbonyl (C=O) groups is 1. The highest BCUT2D eigenvalue weighted by molar-refractivity contribution is 6.34. The number of aliphatic imine (C=N–C) groups is 1. The summed E-state index contributed by atoms with van der Waals surface area (Å²) in [4.78, 5) is 21.7. The molecule has 9 heteroatoms. The second-order valence-electron chi connectivity index (χ2n) is 8.81. The molecule has 1 amide bonds. The molecule has 3 aromatic heterocycles. The summed E-state index contributed by atoms with van der Waals surface area (Å²) in [6.07, 6.45) is 3.84. The van der Waals surface area contributed by atoms with Crippen molar-refractivity contribution in [1.29, 1.82) is 0 Å². The quantitative estimate of drug-likeness (QED) is 0.251. The number of furan rings is 1. The normalized spacial score (nSPS) is 12.2. The summed E-state index contributed by atoms with van der Waals surface area (Å²) in [6.45, 7) is 2.19. The highest BCUT2D eigenvalue weighted by atomic mass is 35.5. The van der Waals surface area contributed by atoms with Crippen LogP contribution in [0.1, 0.15) is 33.1 Å². The third-order valence-corrected chi connectivity index (χ3v) is 6.40. The molecule has 1 aliphatic heterocycles. The van der Waals surface area contributed by atoms with Crippen molar-refractivity contribution in [2.45, 2.75) is 20.0 Å².